The molecule has 0 aliphatic heterocycles. The number of hydrogen-bond acceptors (Lipinski definition) is 4. The molecule has 1 aromatic carbocycles. The quantitative estimate of drug-likeness (QED) is 0.664. The van der Waals surface area contributed by atoms with Crippen molar-refractivity contribution in [3.8, 4) is 5.88 Å². The third-order valence-electron chi connectivity index (χ3n) is 4.00. The van der Waals surface area contributed by atoms with Gasteiger partial charge in [-0.2, -0.15) is 0 Å². The topological polar surface area (TPSA) is 91.9 Å². The highest BCUT2D eigenvalue weighted by Gasteiger charge is 2.15. The van der Waals surface area contributed by atoms with E-state index < -0.39 is 0 Å². The number of fused-ring (bicyclic) bond motifs is 1. The van der Waals surface area contributed by atoms with E-state index in [4.69, 9.17) is 4.74 Å². The number of carbonyl (C=O) groups is 1. The van der Waals surface area contributed by atoms with E-state index in [1.807, 2.05) is 44.2 Å². The van der Waals surface area contributed by atoms with Crippen molar-refractivity contribution in [3.05, 3.63) is 47.7 Å². The van der Waals surface area contributed by atoms with Crippen molar-refractivity contribution >= 4 is 22.8 Å². The van der Waals surface area contributed by atoms with E-state index in [0.29, 0.717) is 18.1 Å². The first-order valence-electron chi connectivity index (χ1n) is 8.16. The van der Waals surface area contributed by atoms with Crippen molar-refractivity contribution in [2.75, 3.05) is 12.4 Å². The van der Waals surface area contributed by atoms with Crippen molar-refractivity contribution in [2.24, 2.45) is 0 Å². The minimum Gasteiger partial charge on any atom is -0.479 e. The summed E-state index contributed by atoms with van der Waals surface area (Å²) in [4.78, 5) is 16.8. The number of aromatic amines is 1. The molecule has 3 N–H and O–H groups in total. The highest BCUT2D eigenvalue weighted by molar-refractivity contribution is 5.93. The molecule has 0 aliphatic rings. The van der Waals surface area contributed by atoms with Crippen LogP contribution in [0.5, 0.6) is 5.88 Å². The zero-order valence-corrected chi connectivity index (χ0v) is 14.5. The number of nitrogens with one attached hydrogen (secondary N) is 3. The van der Waals surface area contributed by atoms with Crippen LogP contribution < -0.4 is 15.4 Å². The summed E-state index contributed by atoms with van der Waals surface area (Å²) in [5.41, 5.74) is 2.62. The van der Waals surface area contributed by atoms with Gasteiger partial charge in [-0.05, 0) is 18.9 Å². The number of ether oxygens (including phenoxy) is 1. The van der Waals surface area contributed by atoms with Crippen LogP contribution in [-0.2, 0) is 6.42 Å². The number of pyridine rings is 1. The second kappa shape index (κ2) is 7.21. The van der Waals surface area contributed by atoms with Crippen molar-refractivity contribution in [3.63, 3.8) is 0 Å². The molecule has 25 heavy (non-hydrogen) atoms. The Hall–Kier alpha value is -3.09. The Balaban J connectivity index is 1.77. The number of carbonyl (C=O) groups excluding carboxylic acids is 1. The molecular weight excluding hydrogens is 318 g/mol. The number of urea groups is 1. The molecule has 0 radical (unpaired) electrons. The molecule has 7 heteroatoms. The number of aromatic nitrogens is 3. The van der Waals surface area contributed by atoms with Gasteiger partial charge in [0.1, 0.15) is 5.82 Å². The molecule has 7 nitrogen and oxygen atoms in total. The molecule has 0 fully saturated rings. The van der Waals surface area contributed by atoms with E-state index in [0.717, 1.165) is 22.2 Å². The fraction of sp³-hybridized carbons (Fsp3) is 0.278. The molecule has 0 saturated heterocycles. The first-order valence-corrected chi connectivity index (χ1v) is 8.16. The number of benzene rings is 1. The lowest BCUT2D eigenvalue weighted by Gasteiger charge is -2.15. The van der Waals surface area contributed by atoms with Gasteiger partial charge in [0.05, 0.1) is 29.7 Å². The van der Waals surface area contributed by atoms with Crippen molar-refractivity contribution in [2.45, 2.75) is 26.3 Å². The van der Waals surface area contributed by atoms with Gasteiger partial charge in [0, 0.05) is 6.07 Å². The largest absolute Gasteiger partial charge is 0.479 e. The van der Waals surface area contributed by atoms with Crippen LogP contribution in [0, 0.1) is 0 Å². The Bertz CT molecular complexity index is 876. The molecule has 0 unspecified atom stereocenters. The normalized spacial score (nSPS) is 12.0. The first-order chi connectivity index (χ1) is 12.1. The third-order valence-corrected chi connectivity index (χ3v) is 4.00. The van der Waals surface area contributed by atoms with Gasteiger partial charge in [0.15, 0.2) is 0 Å². The zero-order valence-electron chi connectivity index (χ0n) is 14.5. The number of nitrogens with zero attached hydrogens (tertiary/aromatic N) is 2. The molecule has 0 bridgehead atoms. The number of anilines is 1. The van der Waals surface area contributed by atoms with Gasteiger partial charge in [-0.1, -0.05) is 37.3 Å². The summed E-state index contributed by atoms with van der Waals surface area (Å²) in [6.07, 6.45) is 0.698. The van der Waals surface area contributed by atoms with Crippen molar-refractivity contribution in [1.82, 2.24) is 20.5 Å². The fourth-order valence-corrected chi connectivity index (χ4v) is 2.73. The van der Waals surface area contributed by atoms with Gasteiger partial charge in [0.2, 0.25) is 5.88 Å². The summed E-state index contributed by atoms with van der Waals surface area (Å²) in [6, 6.07) is 11.1. The summed E-state index contributed by atoms with van der Waals surface area (Å²) in [5.74, 6) is 0.974. The maximum absolute atomic E-state index is 12.3. The van der Waals surface area contributed by atoms with Crippen LogP contribution in [0.15, 0.2) is 36.4 Å². The smallest absolute Gasteiger partial charge is 0.320 e. The van der Waals surface area contributed by atoms with Crippen LogP contribution >= 0.6 is 0 Å². The van der Waals surface area contributed by atoms with Crippen molar-refractivity contribution in [1.29, 1.82) is 0 Å². The summed E-state index contributed by atoms with van der Waals surface area (Å²) in [6.45, 7) is 3.93. The summed E-state index contributed by atoms with van der Waals surface area (Å²) in [7, 11) is 1.57. The van der Waals surface area contributed by atoms with Gasteiger partial charge in [-0.15, -0.1) is 5.10 Å². The van der Waals surface area contributed by atoms with E-state index in [-0.39, 0.29) is 12.1 Å². The monoisotopic (exact) mass is 339 g/mol. The number of aryl methyl sites for hydroxylation is 1. The van der Waals surface area contributed by atoms with E-state index in [9.17, 15) is 4.79 Å². The summed E-state index contributed by atoms with van der Waals surface area (Å²) >= 11 is 0. The molecule has 130 valence electrons. The molecule has 1 atom stereocenters. The highest BCUT2D eigenvalue weighted by Crippen LogP contribution is 2.27. The Morgan fingerprint density at radius 1 is 1.32 bits per heavy atom. The lowest BCUT2D eigenvalue weighted by molar-refractivity contribution is 0.249. The number of methoxy groups -OCH3 is 1. The van der Waals surface area contributed by atoms with Gasteiger partial charge >= 0.3 is 6.03 Å². The van der Waals surface area contributed by atoms with Crippen LogP contribution in [0.3, 0.4) is 0 Å². The average Bonchev–Trinajstić information content (AvgIpc) is 3.04. The average molecular weight is 339 g/mol. The summed E-state index contributed by atoms with van der Waals surface area (Å²) < 4.78 is 5.25. The fourth-order valence-electron chi connectivity index (χ4n) is 2.73. The minimum absolute atomic E-state index is 0.108. The predicted octanol–water partition coefficient (Wildman–Crippen LogP) is 3.41. The molecule has 3 aromatic rings. The Morgan fingerprint density at radius 2 is 2.08 bits per heavy atom. The number of hydrogen-bond donors (Lipinski definition) is 3. The van der Waals surface area contributed by atoms with Gasteiger partial charge in [-0.25, -0.2) is 9.78 Å². The van der Waals surface area contributed by atoms with Crippen LogP contribution in [0.1, 0.15) is 31.1 Å². The maximum Gasteiger partial charge on any atom is 0.320 e. The molecule has 0 saturated carbocycles. The number of rotatable bonds is 5. The molecule has 2 heterocycles. The van der Waals surface area contributed by atoms with Gasteiger partial charge in [-0.3, -0.25) is 10.4 Å². The number of amides is 2. The van der Waals surface area contributed by atoms with Crippen molar-refractivity contribution < 1.29 is 9.53 Å². The molecule has 3 rings (SSSR count). The lowest BCUT2D eigenvalue weighted by Crippen LogP contribution is -2.31. The Labute approximate surface area is 145 Å². The molecule has 2 aromatic heterocycles. The number of H-pyrrole nitrogens is 1. The molecule has 0 aliphatic carbocycles. The molecule has 0 spiro atoms. The molecular formula is C18H21N5O2. The minimum atomic E-state index is -0.309. The zero-order chi connectivity index (χ0) is 17.8. The van der Waals surface area contributed by atoms with E-state index >= 15 is 0 Å². The van der Waals surface area contributed by atoms with Crippen LogP contribution in [0.4, 0.5) is 10.6 Å². The third kappa shape index (κ3) is 3.55. The second-order valence-corrected chi connectivity index (χ2v) is 5.69. The second-order valence-electron chi connectivity index (χ2n) is 5.69. The van der Waals surface area contributed by atoms with Crippen LogP contribution in [0.25, 0.3) is 10.9 Å². The standard InChI is InChI=1S/C18H21N5O2/c1-4-13-16-14(22-23-17(16)25-3)10-15(20-13)21-18(24)19-11(2)12-8-6-5-7-9-12/h5-11H,4H2,1-3H3,(H,22,23)(H2,19,20,21,24)/t11-/m1/s1. The lowest BCUT2D eigenvalue weighted by atomic mass is 10.1. The summed E-state index contributed by atoms with van der Waals surface area (Å²) in [5, 5.41) is 13.6. The maximum atomic E-state index is 12.3. The molecule has 2 amide bonds. The van der Waals surface area contributed by atoms with E-state index in [2.05, 4.69) is 25.8 Å². The SMILES string of the molecule is CCc1nc(NC(=O)N[C@H](C)c2ccccc2)cc2[nH]nc(OC)c12. The predicted molar refractivity (Wildman–Crippen MR) is 96.8 cm³/mol. The van der Waals surface area contributed by atoms with E-state index in [1.54, 1.807) is 13.2 Å². The van der Waals surface area contributed by atoms with Gasteiger partial charge < -0.3 is 10.1 Å². The first kappa shape index (κ1) is 16.8. The Morgan fingerprint density at radius 3 is 2.76 bits per heavy atom. The Kier molecular flexibility index (Phi) is 4.83. The highest BCUT2D eigenvalue weighted by atomic mass is 16.5. The van der Waals surface area contributed by atoms with Gasteiger partial charge in [0.25, 0.3) is 0 Å². The van der Waals surface area contributed by atoms with Crippen LogP contribution in [-0.4, -0.2) is 28.3 Å². The van der Waals surface area contributed by atoms with E-state index in [1.165, 1.54) is 0 Å². The van der Waals surface area contributed by atoms with Crippen LogP contribution in [0.2, 0.25) is 0 Å².